The fourth-order valence-electron chi connectivity index (χ4n) is 3.55. The van der Waals surface area contributed by atoms with Gasteiger partial charge in [0.05, 0.1) is 18.3 Å². The third kappa shape index (κ3) is 4.08. The van der Waals surface area contributed by atoms with E-state index in [0.29, 0.717) is 17.6 Å². The summed E-state index contributed by atoms with van der Waals surface area (Å²) in [5.74, 6) is 0. The Hall–Kier alpha value is -3.52. The van der Waals surface area contributed by atoms with Gasteiger partial charge >= 0.3 is 5.69 Å². The number of benzene rings is 1. The van der Waals surface area contributed by atoms with Crippen molar-refractivity contribution in [2.75, 3.05) is 6.54 Å². The van der Waals surface area contributed by atoms with Crippen molar-refractivity contribution in [2.45, 2.75) is 26.1 Å². The molecule has 1 N–H and O–H groups in total. The summed E-state index contributed by atoms with van der Waals surface area (Å²) in [5.41, 5.74) is 1.48. The van der Waals surface area contributed by atoms with Crippen LogP contribution < -0.4 is 16.6 Å². The summed E-state index contributed by atoms with van der Waals surface area (Å²) in [4.78, 5) is 34.4. The first-order valence-corrected chi connectivity index (χ1v) is 9.93. The lowest BCUT2D eigenvalue weighted by Gasteiger charge is -2.13. The molecule has 0 saturated carbocycles. The van der Waals surface area contributed by atoms with Gasteiger partial charge in [0.1, 0.15) is 5.65 Å². The SMILES string of the molecule is Cn1c(=O)n(Cc2ccccc2)c(=O)c2c(CNCCCn3ccnc3)ccnc21. The average Bonchev–Trinajstić information content (AvgIpc) is 3.29. The average molecular weight is 404 g/mol. The number of imidazole rings is 1. The molecule has 0 fully saturated rings. The zero-order chi connectivity index (χ0) is 20.9. The maximum absolute atomic E-state index is 13.2. The highest BCUT2D eigenvalue weighted by Crippen LogP contribution is 2.11. The first-order chi connectivity index (χ1) is 14.6. The normalized spacial score (nSPS) is 11.2. The summed E-state index contributed by atoms with van der Waals surface area (Å²) >= 11 is 0. The molecule has 8 nitrogen and oxygen atoms in total. The van der Waals surface area contributed by atoms with E-state index < -0.39 is 0 Å². The van der Waals surface area contributed by atoms with Crippen LogP contribution in [0.25, 0.3) is 11.0 Å². The molecule has 0 unspecified atom stereocenters. The summed E-state index contributed by atoms with van der Waals surface area (Å²) in [6, 6.07) is 11.3. The van der Waals surface area contributed by atoms with Gasteiger partial charge in [0.2, 0.25) is 0 Å². The Kier molecular flexibility index (Phi) is 5.85. The Balaban J connectivity index is 1.59. The smallest absolute Gasteiger partial charge is 0.332 e. The highest BCUT2D eigenvalue weighted by Gasteiger charge is 2.15. The van der Waals surface area contributed by atoms with E-state index >= 15 is 0 Å². The van der Waals surface area contributed by atoms with Crippen LogP contribution in [0.15, 0.2) is 70.9 Å². The molecule has 4 rings (SSSR count). The quantitative estimate of drug-likeness (QED) is 0.450. The van der Waals surface area contributed by atoms with Crippen molar-refractivity contribution in [1.29, 1.82) is 0 Å². The zero-order valence-corrected chi connectivity index (χ0v) is 16.9. The van der Waals surface area contributed by atoms with Crippen LogP contribution in [0.1, 0.15) is 17.5 Å². The molecule has 154 valence electrons. The molecule has 8 heteroatoms. The van der Waals surface area contributed by atoms with Gasteiger partial charge in [-0.25, -0.2) is 14.8 Å². The molecule has 4 aromatic rings. The van der Waals surface area contributed by atoms with Crippen LogP contribution in [0, 0.1) is 0 Å². The van der Waals surface area contributed by atoms with Crippen LogP contribution in [0.5, 0.6) is 0 Å². The largest absolute Gasteiger partial charge is 0.337 e. The van der Waals surface area contributed by atoms with Crippen molar-refractivity contribution >= 4 is 11.0 Å². The van der Waals surface area contributed by atoms with Crippen molar-refractivity contribution in [3.8, 4) is 0 Å². The number of nitrogens with zero attached hydrogens (tertiary/aromatic N) is 5. The first-order valence-electron chi connectivity index (χ1n) is 9.93. The van der Waals surface area contributed by atoms with Gasteiger partial charge in [0.15, 0.2) is 0 Å². The van der Waals surface area contributed by atoms with Gasteiger partial charge in [0.25, 0.3) is 5.56 Å². The van der Waals surface area contributed by atoms with E-state index in [1.807, 2.05) is 47.2 Å². The topological polar surface area (TPSA) is 86.7 Å². The molecule has 0 radical (unpaired) electrons. The van der Waals surface area contributed by atoms with E-state index in [4.69, 9.17) is 0 Å². The van der Waals surface area contributed by atoms with Gasteiger partial charge < -0.3 is 9.88 Å². The molecule has 0 atom stereocenters. The van der Waals surface area contributed by atoms with Crippen LogP contribution in [0.4, 0.5) is 0 Å². The summed E-state index contributed by atoms with van der Waals surface area (Å²) in [7, 11) is 1.65. The van der Waals surface area contributed by atoms with E-state index in [1.54, 1.807) is 25.8 Å². The lowest BCUT2D eigenvalue weighted by Crippen LogP contribution is -2.40. The van der Waals surface area contributed by atoms with Crippen LogP contribution in [0.2, 0.25) is 0 Å². The summed E-state index contributed by atoms with van der Waals surface area (Å²) in [6.45, 7) is 2.44. The van der Waals surface area contributed by atoms with Crippen molar-refractivity contribution in [3.63, 3.8) is 0 Å². The second kappa shape index (κ2) is 8.87. The van der Waals surface area contributed by atoms with E-state index in [1.165, 1.54) is 9.13 Å². The maximum Gasteiger partial charge on any atom is 0.332 e. The van der Waals surface area contributed by atoms with Gasteiger partial charge in [-0.2, -0.15) is 0 Å². The molecule has 30 heavy (non-hydrogen) atoms. The Morgan fingerprint density at radius 3 is 2.67 bits per heavy atom. The zero-order valence-electron chi connectivity index (χ0n) is 16.9. The fourth-order valence-corrected chi connectivity index (χ4v) is 3.55. The number of fused-ring (bicyclic) bond motifs is 1. The molecule has 3 aromatic heterocycles. The molecule has 0 saturated heterocycles. The summed E-state index contributed by atoms with van der Waals surface area (Å²) < 4.78 is 4.76. The number of nitrogens with one attached hydrogen (secondary N) is 1. The van der Waals surface area contributed by atoms with Crippen LogP contribution in [-0.2, 0) is 26.7 Å². The minimum Gasteiger partial charge on any atom is -0.337 e. The third-order valence-corrected chi connectivity index (χ3v) is 5.14. The molecular formula is C22H24N6O2. The van der Waals surface area contributed by atoms with Gasteiger partial charge in [-0.05, 0) is 30.2 Å². The van der Waals surface area contributed by atoms with Gasteiger partial charge in [0, 0.05) is 38.7 Å². The highest BCUT2D eigenvalue weighted by atomic mass is 16.2. The molecule has 0 aliphatic rings. The minimum absolute atomic E-state index is 0.231. The molecule has 0 amide bonds. The highest BCUT2D eigenvalue weighted by molar-refractivity contribution is 5.77. The lowest BCUT2D eigenvalue weighted by molar-refractivity contribution is 0.581. The van der Waals surface area contributed by atoms with Crippen molar-refractivity contribution in [1.82, 2.24) is 29.0 Å². The second-order valence-corrected chi connectivity index (χ2v) is 7.22. The number of hydrogen-bond acceptors (Lipinski definition) is 5. The van der Waals surface area contributed by atoms with E-state index in [-0.39, 0.29) is 17.8 Å². The van der Waals surface area contributed by atoms with Crippen LogP contribution in [-0.4, -0.2) is 30.2 Å². The fraction of sp³-hybridized carbons (Fsp3) is 0.273. The number of aromatic nitrogens is 5. The number of aryl methyl sites for hydroxylation is 2. The predicted molar refractivity (Wildman–Crippen MR) is 115 cm³/mol. The minimum atomic E-state index is -0.366. The Morgan fingerprint density at radius 1 is 1.07 bits per heavy atom. The molecular weight excluding hydrogens is 380 g/mol. The van der Waals surface area contributed by atoms with E-state index in [2.05, 4.69) is 15.3 Å². The molecule has 0 aliphatic heterocycles. The molecule has 0 spiro atoms. The monoisotopic (exact) mass is 404 g/mol. The third-order valence-electron chi connectivity index (χ3n) is 5.14. The Labute approximate surface area is 173 Å². The predicted octanol–water partition coefficient (Wildman–Crippen LogP) is 1.52. The molecule has 1 aromatic carbocycles. The van der Waals surface area contributed by atoms with Gasteiger partial charge in [-0.15, -0.1) is 0 Å². The van der Waals surface area contributed by atoms with E-state index in [0.717, 1.165) is 30.6 Å². The van der Waals surface area contributed by atoms with E-state index in [9.17, 15) is 9.59 Å². The molecule has 0 aliphatic carbocycles. The Morgan fingerprint density at radius 2 is 1.90 bits per heavy atom. The lowest BCUT2D eigenvalue weighted by atomic mass is 10.1. The maximum atomic E-state index is 13.2. The van der Waals surface area contributed by atoms with Crippen molar-refractivity contribution in [3.05, 3.63) is 93.3 Å². The van der Waals surface area contributed by atoms with Gasteiger partial charge in [-0.1, -0.05) is 30.3 Å². The van der Waals surface area contributed by atoms with Crippen molar-refractivity contribution in [2.24, 2.45) is 7.05 Å². The number of rotatable bonds is 8. The summed E-state index contributed by atoms with van der Waals surface area (Å²) in [6.07, 6.45) is 8.08. The summed E-state index contributed by atoms with van der Waals surface area (Å²) in [5, 5.41) is 3.87. The molecule has 3 heterocycles. The standard InChI is InChI=1S/C22H24N6O2/c1-26-20-19(21(29)28(22(26)30)15-17-6-3-2-4-7-17)18(8-10-25-20)14-23-9-5-12-27-13-11-24-16-27/h2-4,6-8,10-11,13,16,23H,5,9,12,14-15H2,1H3. The first kappa shape index (κ1) is 19.8. The number of pyridine rings is 1. The molecule has 0 bridgehead atoms. The van der Waals surface area contributed by atoms with Gasteiger partial charge in [-0.3, -0.25) is 13.9 Å². The second-order valence-electron chi connectivity index (χ2n) is 7.22. The number of hydrogen-bond donors (Lipinski definition) is 1. The Bertz CT molecular complexity index is 1240. The van der Waals surface area contributed by atoms with Crippen LogP contribution >= 0.6 is 0 Å². The van der Waals surface area contributed by atoms with Crippen LogP contribution in [0.3, 0.4) is 0 Å². The van der Waals surface area contributed by atoms with Crippen molar-refractivity contribution < 1.29 is 0 Å².